The van der Waals surface area contributed by atoms with Crippen LogP contribution >= 0.6 is 0 Å². The van der Waals surface area contributed by atoms with E-state index in [0.717, 1.165) is 19.3 Å². The maximum absolute atomic E-state index is 13.9. The summed E-state index contributed by atoms with van der Waals surface area (Å²) in [5, 5.41) is 0. The molecule has 7 nitrogen and oxygen atoms in total. The Labute approximate surface area is 213 Å². The summed E-state index contributed by atoms with van der Waals surface area (Å²) < 4.78 is 18.2. The molecular formula is C29H40O7. The van der Waals surface area contributed by atoms with Gasteiger partial charge in [0.05, 0.1) is 6.10 Å². The summed E-state index contributed by atoms with van der Waals surface area (Å²) in [5.74, 6) is -0.633. The number of ether oxygens (including phenoxy) is 3. The van der Waals surface area contributed by atoms with Gasteiger partial charge in [-0.05, 0) is 49.5 Å². The van der Waals surface area contributed by atoms with Gasteiger partial charge >= 0.3 is 11.9 Å². The van der Waals surface area contributed by atoms with Gasteiger partial charge in [0, 0.05) is 36.0 Å². The molecule has 1 saturated heterocycles. The van der Waals surface area contributed by atoms with E-state index in [1.807, 2.05) is 13.0 Å². The number of carbonyl (C=O) groups is 4. The molecule has 36 heavy (non-hydrogen) atoms. The first-order chi connectivity index (χ1) is 16.9. The van der Waals surface area contributed by atoms with Gasteiger partial charge in [0.15, 0.2) is 18.0 Å². The fourth-order valence-electron chi connectivity index (χ4n) is 9.21. The van der Waals surface area contributed by atoms with Gasteiger partial charge in [-0.2, -0.15) is 0 Å². The van der Waals surface area contributed by atoms with Crippen LogP contribution < -0.4 is 0 Å². The molecule has 198 valence electrons. The van der Waals surface area contributed by atoms with Crippen LogP contribution in [0, 0.1) is 34.5 Å². The largest absolute Gasteiger partial charge is 0.457 e. The molecule has 5 aliphatic rings. The van der Waals surface area contributed by atoms with Gasteiger partial charge in [-0.15, -0.1) is 0 Å². The molecule has 0 radical (unpaired) electrons. The molecule has 1 aliphatic heterocycles. The second kappa shape index (κ2) is 8.24. The molecule has 0 amide bonds. The summed E-state index contributed by atoms with van der Waals surface area (Å²) in [5.41, 5.74) is -1.31. The number of ketones is 2. The Morgan fingerprint density at radius 2 is 1.75 bits per heavy atom. The van der Waals surface area contributed by atoms with Crippen molar-refractivity contribution in [3.63, 3.8) is 0 Å². The second-order valence-electron chi connectivity index (χ2n) is 12.4. The third-order valence-corrected chi connectivity index (χ3v) is 10.8. The highest BCUT2D eigenvalue weighted by Crippen LogP contribution is 2.78. The van der Waals surface area contributed by atoms with Crippen LogP contribution in [0.4, 0.5) is 0 Å². The molecule has 7 heteroatoms. The highest BCUT2D eigenvalue weighted by molar-refractivity contribution is 5.94. The molecular weight excluding hydrogens is 460 g/mol. The maximum Gasteiger partial charge on any atom is 0.306 e. The van der Waals surface area contributed by atoms with Gasteiger partial charge in [0.25, 0.3) is 0 Å². The van der Waals surface area contributed by atoms with E-state index in [1.165, 1.54) is 5.57 Å². The van der Waals surface area contributed by atoms with E-state index in [9.17, 15) is 19.2 Å². The standard InChI is InChI=1S/C29H40O7/c1-7-24(32)34-15-22(31)28(36-25(33)8-2)17(4)12-20-21-11-16(3)19-13-18(30)9-10-26(19,5)29(21)23(35-29)14-27(20,28)6/h13,16-17,20-21,23H,7-12,14-15H2,1-6H3/t16-,17-,20-,21-,23-,26-,27-,28-,29-/m0/s1. The topological polar surface area (TPSA) is 99.3 Å². The lowest BCUT2D eigenvalue weighted by atomic mass is 9.44. The number of carbonyl (C=O) groups excluding carboxylic acids is 4. The quantitative estimate of drug-likeness (QED) is 0.395. The van der Waals surface area contributed by atoms with Crippen molar-refractivity contribution < 1.29 is 33.4 Å². The minimum atomic E-state index is -1.36. The van der Waals surface area contributed by atoms with E-state index in [0.29, 0.717) is 12.8 Å². The third-order valence-electron chi connectivity index (χ3n) is 10.8. The molecule has 5 rings (SSSR count). The van der Waals surface area contributed by atoms with E-state index in [1.54, 1.807) is 13.8 Å². The zero-order chi connectivity index (χ0) is 26.3. The zero-order valence-corrected chi connectivity index (χ0v) is 22.5. The van der Waals surface area contributed by atoms with Crippen molar-refractivity contribution in [1.29, 1.82) is 0 Å². The van der Waals surface area contributed by atoms with Crippen molar-refractivity contribution in [3.8, 4) is 0 Å². The molecule has 9 atom stereocenters. The number of epoxide rings is 1. The predicted molar refractivity (Wildman–Crippen MR) is 131 cm³/mol. The zero-order valence-electron chi connectivity index (χ0n) is 22.5. The van der Waals surface area contributed by atoms with E-state index >= 15 is 0 Å². The number of fused-ring (bicyclic) bond motifs is 3. The van der Waals surface area contributed by atoms with E-state index in [-0.39, 0.29) is 71.8 Å². The minimum absolute atomic E-state index is 0.0613. The Kier molecular flexibility index (Phi) is 5.86. The van der Waals surface area contributed by atoms with Crippen LogP contribution in [0.25, 0.3) is 0 Å². The first kappa shape index (κ1) is 25.6. The summed E-state index contributed by atoms with van der Waals surface area (Å²) in [6, 6.07) is 0. The van der Waals surface area contributed by atoms with Crippen LogP contribution in [0.3, 0.4) is 0 Å². The number of hydrogen-bond donors (Lipinski definition) is 0. The van der Waals surface area contributed by atoms with Crippen LogP contribution in [-0.4, -0.2) is 47.4 Å². The lowest BCUT2D eigenvalue weighted by Gasteiger charge is -2.58. The van der Waals surface area contributed by atoms with Crippen LogP contribution in [-0.2, 0) is 33.4 Å². The van der Waals surface area contributed by atoms with Crippen molar-refractivity contribution in [1.82, 2.24) is 0 Å². The van der Waals surface area contributed by atoms with Crippen LogP contribution in [0.2, 0.25) is 0 Å². The highest BCUT2D eigenvalue weighted by Gasteiger charge is 2.83. The predicted octanol–water partition coefficient (Wildman–Crippen LogP) is 4.36. The summed E-state index contributed by atoms with van der Waals surface area (Å²) in [4.78, 5) is 51.0. The van der Waals surface area contributed by atoms with Crippen molar-refractivity contribution in [2.75, 3.05) is 6.61 Å². The molecule has 0 aromatic rings. The number of esters is 2. The molecule has 0 aromatic heterocycles. The summed E-state index contributed by atoms with van der Waals surface area (Å²) >= 11 is 0. The van der Waals surface area contributed by atoms with Crippen molar-refractivity contribution in [2.45, 2.75) is 104 Å². The van der Waals surface area contributed by atoms with Gasteiger partial charge in [-0.25, -0.2) is 0 Å². The summed E-state index contributed by atoms with van der Waals surface area (Å²) in [6.45, 7) is 11.6. The summed E-state index contributed by atoms with van der Waals surface area (Å²) in [6.07, 6.45) is 5.72. The van der Waals surface area contributed by atoms with Gasteiger partial charge in [0.2, 0.25) is 5.78 Å². The third kappa shape index (κ3) is 3.07. The molecule has 0 unspecified atom stereocenters. The smallest absolute Gasteiger partial charge is 0.306 e. The van der Waals surface area contributed by atoms with Crippen LogP contribution in [0.15, 0.2) is 11.6 Å². The van der Waals surface area contributed by atoms with E-state index in [4.69, 9.17) is 14.2 Å². The Morgan fingerprint density at radius 1 is 1.06 bits per heavy atom. The first-order valence-corrected chi connectivity index (χ1v) is 13.7. The SMILES string of the molecule is CCC(=O)OCC(=O)[C@@]1(OC(=O)CC)[C@@H](C)C[C@H]2[C@@H]3C[C@H](C)C4=CC(=O)CC[C@]4(C)[C@]34O[C@H]4C[C@@]21C. The Bertz CT molecular complexity index is 1050. The lowest BCUT2D eigenvalue weighted by Crippen LogP contribution is -2.64. The van der Waals surface area contributed by atoms with Crippen molar-refractivity contribution >= 4 is 23.5 Å². The molecule has 0 bridgehead atoms. The molecule has 4 fully saturated rings. The maximum atomic E-state index is 13.9. The van der Waals surface area contributed by atoms with E-state index in [2.05, 4.69) is 20.8 Å². The van der Waals surface area contributed by atoms with Crippen LogP contribution in [0.1, 0.15) is 86.5 Å². The van der Waals surface area contributed by atoms with Gasteiger partial charge in [-0.1, -0.05) is 47.1 Å². The Balaban J connectivity index is 1.57. The molecule has 3 saturated carbocycles. The Hall–Kier alpha value is -2.02. The van der Waals surface area contributed by atoms with Gasteiger partial charge in [0.1, 0.15) is 5.60 Å². The fourth-order valence-corrected chi connectivity index (χ4v) is 9.21. The number of Topliss-reactive ketones (excluding diaryl/α,β-unsaturated/α-hetero) is 1. The van der Waals surface area contributed by atoms with Crippen molar-refractivity contribution in [3.05, 3.63) is 11.6 Å². The highest BCUT2D eigenvalue weighted by atomic mass is 16.6. The lowest BCUT2D eigenvalue weighted by molar-refractivity contribution is -0.195. The molecule has 1 heterocycles. The fraction of sp³-hybridized carbons (Fsp3) is 0.793. The Morgan fingerprint density at radius 3 is 2.42 bits per heavy atom. The molecule has 1 spiro atoms. The second-order valence-corrected chi connectivity index (χ2v) is 12.4. The summed E-state index contributed by atoms with van der Waals surface area (Å²) in [7, 11) is 0. The first-order valence-electron chi connectivity index (χ1n) is 13.7. The normalized spacial score (nSPS) is 46.4. The van der Waals surface area contributed by atoms with Crippen molar-refractivity contribution in [2.24, 2.45) is 34.5 Å². The molecule has 0 N–H and O–H groups in total. The number of hydrogen-bond acceptors (Lipinski definition) is 7. The average molecular weight is 501 g/mol. The minimum Gasteiger partial charge on any atom is -0.457 e. The molecule has 4 aliphatic carbocycles. The van der Waals surface area contributed by atoms with Gasteiger partial charge < -0.3 is 14.2 Å². The number of rotatable bonds is 6. The van der Waals surface area contributed by atoms with Gasteiger partial charge in [-0.3, -0.25) is 19.2 Å². The van der Waals surface area contributed by atoms with Crippen LogP contribution in [0.5, 0.6) is 0 Å². The monoisotopic (exact) mass is 500 g/mol. The van der Waals surface area contributed by atoms with E-state index < -0.39 is 23.0 Å². The molecule has 0 aromatic carbocycles. The average Bonchev–Trinajstić information content (AvgIpc) is 3.52.